The molecule has 0 aliphatic heterocycles. The standard InChI is InChI=1S/C16H32N2/c1-3-11-18(15-9-7-14(17)8-10-15)16-6-4-5-13(2)12-16/h13-16H,3-12,17H2,1-2H3. The Morgan fingerprint density at radius 3 is 2.33 bits per heavy atom. The minimum atomic E-state index is 0.481. The summed E-state index contributed by atoms with van der Waals surface area (Å²) in [6.45, 7) is 6.07. The van der Waals surface area contributed by atoms with Gasteiger partial charge in [0.05, 0.1) is 0 Å². The maximum absolute atomic E-state index is 6.05. The lowest BCUT2D eigenvalue weighted by Gasteiger charge is -2.43. The minimum absolute atomic E-state index is 0.481. The van der Waals surface area contributed by atoms with E-state index in [2.05, 4.69) is 18.7 Å². The van der Waals surface area contributed by atoms with Crippen molar-refractivity contribution in [3.05, 3.63) is 0 Å². The zero-order valence-electron chi connectivity index (χ0n) is 12.4. The van der Waals surface area contributed by atoms with E-state index in [1.54, 1.807) is 0 Å². The maximum atomic E-state index is 6.05. The van der Waals surface area contributed by atoms with E-state index in [9.17, 15) is 0 Å². The van der Waals surface area contributed by atoms with Crippen LogP contribution in [0.1, 0.15) is 71.6 Å². The van der Waals surface area contributed by atoms with Crippen LogP contribution in [-0.4, -0.2) is 29.6 Å². The average Bonchev–Trinajstić information content (AvgIpc) is 2.37. The molecule has 0 amide bonds. The van der Waals surface area contributed by atoms with Crippen molar-refractivity contribution in [2.24, 2.45) is 11.7 Å². The van der Waals surface area contributed by atoms with Crippen molar-refractivity contribution in [3.8, 4) is 0 Å². The maximum Gasteiger partial charge on any atom is 0.0101 e. The van der Waals surface area contributed by atoms with Gasteiger partial charge in [0.2, 0.25) is 0 Å². The lowest BCUT2D eigenvalue weighted by atomic mass is 9.83. The van der Waals surface area contributed by atoms with Gasteiger partial charge in [-0.25, -0.2) is 0 Å². The summed E-state index contributed by atoms with van der Waals surface area (Å²) in [5, 5.41) is 0. The molecule has 0 spiro atoms. The van der Waals surface area contributed by atoms with Crippen molar-refractivity contribution in [1.82, 2.24) is 4.90 Å². The lowest BCUT2D eigenvalue weighted by Crippen LogP contribution is -2.48. The van der Waals surface area contributed by atoms with Gasteiger partial charge in [0, 0.05) is 18.1 Å². The van der Waals surface area contributed by atoms with E-state index in [4.69, 9.17) is 5.73 Å². The molecule has 2 unspecified atom stereocenters. The molecule has 2 rings (SSSR count). The molecule has 2 fully saturated rings. The van der Waals surface area contributed by atoms with Crippen molar-refractivity contribution in [3.63, 3.8) is 0 Å². The van der Waals surface area contributed by atoms with Gasteiger partial charge in [-0.05, 0) is 57.4 Å². The first-order chi connectivity index (χ1) is 8.70. The van der Waals surface area contributed by atoms with E-state index < -0.39 is 0 Å². The highest BCUT2D eigenvalue weighted by molar-refractivity contribution is 4.87. The predicted molar refractivity (Wildman–Crippen MR) is 78.6 cm³/mol. The van der Waals surface area contributed by atoms with Gasteiger partial charge in [0.25, 0.3) is 0 Å². The Morgan fingerprint density at radius 2 is 1.72 bits per heavy atom. The SMILES string of the molecule is CCCN(C1CCC(N)CC1)C1CCCC(C)C1. The van der Waals surface area contributed by atoms with E-state index in [0.717, 1.165) is 18.0 Å². The molecule has 2 heteroatoms. The monoisotopic (exact) mass is 252 g/mol. The number of nitrogens with zero attached hydrogens (tertiary/aromatic N) is 1. The van der Waals surface area contributed by atoms with Gasteiger partial charge >= 0.3 is 0 Å². The largest absolute Gasteiger partial charge is 0.328 e. The molecule has 2 saturated carbocycles. The zero-order chi connectivity index (χ0) is 13.0. The van der Waals surface area contributed by atoms with E-state index in [0.29, 0.717) is 6.04 Å². The minimum Gasteiger partial charge on any atom is -0.328 e. The summed E-state index contributed by atoms with van der Waals surface area (Å²) in [4.78, 5) is 2.86. The van der Waals surface area contributed by atoms with Gasteiger partial charge < -0.3 is 5.73 Å². The predicted octanol–water partition coefficient (Wildman–Crippen LogP) is 3.55. The number of nitrogens with two attached hydrogens (primary N) is 1. The van der Waals surface area contributed by atoms with E-state index >= 15 is 0 Å². The van der Waals surface area contributed by atoms with Crippen LogP contribution >= 0.6 is 0 Å². The van der Waals surface area contributed by atoms with Crippen molar-refractivity contribution in [2.45, 2.75) is 89.8 Å². The highest BCUT2D eigenvalue weighted by Crippen LogP contribution is 2.32. The summed E-state index contributed by atoms with van der Waals surface area (Å²) >= 11 is 0. The molecule has 2 aliphatic rings. The zero-order valence-corrected chi connectivity index (χ0v) is 12.4. The highest BCUT2D eigenvalue weighted by atomic mass is 15.2. The summed E-state index contributed by atoms with van der Waals surface area (Å²) in [5.74, 6) is 0.939. The fraction of sp³-hybridized carbons (Fsp3) is 1.00. The smallest absolute Gasteiger partial charge is 0.0101 e. The normalized spacial score (nSPS) is 38.0. The summed E-state index contributed by atoms with van der Waals surface area (Å²) < 4.78 is 0. The number of rotatable bonds is 4. The van der Waals surface area contributed by atoms with E-state index in [-0.39, 0.29) is 0 Å². The molecule has 0 aromatic carbocycles. The Balaban J connectivity index is 1.93. The Hall–Kier alpha value is -0.0800. The van der Waals surface area contributed by atoms with Crippen LogP contribution in [0.2, 0.25) is 0 Å². The molecule has 0 aromatic heterocycles. The van der Waals surface area contributed by atoms with Crippen LogP contribution in [0.15, 0.2) is 0 Å². The van der Waals surface area contributed by atoms with Crippen LogP contribution in [0, 0.1) is 5.92 Å². The third kappa shape index (κ3) is 3.71. The van der Waals surface area contributed by atoms with Crippen LogP contribution in [0.3, 0.4) is 0 Å². The van der Waals surface area contributed by atoms with Crippen molar-refractivity contribution < 1.29 is 0 Å². The second-order valence-corrected chi connectivity index (χ2v) is 6.73. The van der Waals surface area contributed by atoms with Crippen LogP contribution in [0.4, 0.5) is 0 Å². The Kier molecular flexibility index (Phi) is 5.50. The topological polar surface area (TPSA) is 29.3 Å². The number of hydrogen-bond acceptors (Lipinski definition) is 2. The lowest BCUT2D eigenvalue weighted by molar-refractivity contribution is 0.0659. The molecule has 2 N–H and O–H groups in total. The Bertz CT molecular complexity index is 233. The third-order valence-corrected chi connectivity index (χ3v) is 5.07. The van der Waals surface area contributed by atoms with Crippen molar-refractivity contribution in [1.29, 1.82) is 0 Å². The van der Waals surface area contributed by atoms with Crippen molar-refractivity contribution >= 4 is 0 Å². The highest BCUT2D eigenvalue weighted by Gasteiger charge is 2.31. The molecule has 0 saturated heterocycles. The van der Waals surface area contributed by atoms with Gasteiger partial charge in [-0.3, -0.25) is 4.90 Å². The van der Waals surface area contributed by atoms with Crippen LogP contribution in [-0.2, 0) is 0 Å². The van der Waals surface area contributed by atoms with Gasteiger partial charge in [-0.15, -0.1) is 0 Å². The molecule has 0 heterocycles. The van der Waals surface area contributed by atoms with Crippen LogP contribution in [0.5, 0.6) is 0 Å². The first-order valence-corrected chi connectivity index (χ1v) is 8.22. The fourth-order valence-electron chi connectivity index (χ4n) is 4.06. The van der Waals surface area contributed by atoms with Crippen LogP contribution < -0.4 is 5.73 Å². The van der Waals surface area contributed by atoms with Crippen molar-refractivity contribution in [2.75, 3.05) is 6.54 Å². The van der Waals surface area contributed by atoms with E-state index in [1.165, 1.54) is 64.3 Å². The second kappa shape index (κ2) is 6.91. The molecule has 2 nitrogen and oxygen atoms in total. The van der Waals surface area contributed by atoms with Gasteiger partial charge in [0.1, 0.15) is 0 Å². The Morgan fingerprint density at radius 1 is 1.00 bits per heavy atom. The molecule has 2 atom stereocenters. The number of hydrogen-bond donors (Lipinski definition) is 1. The van der Waals surface area contributed by atoms with Crippen LogP contribution in [0.25, 0.3) is 0 Å². The summed E-state index contributed by atoms with van der Waals surface area (Å²) in [6.07, 6.45) is 12.2. The molecule has 106 valence electrons. The second-order valence-electron chi connectivity index (χ2n) is 6.73. The third-order valence-electron chi connectivity index (χ3n) is 5.07. The molecule has 0 aromatic rings. The van der Waals surface area contributed by atoms with Gasteiger partial charge in [-0.1, -0.05) is 26.7 Å². The molecular weight excluding hydrogens is 220 g/mol. The first kappa shape index (κ1) is 14.3. The average molecular weight is 252 g/mol. The molecule has 18 heavy (non-hydrogen) atoms. The first-order valence-electron chi connectivity index (χ1n) is 8.22. The molecule has 0 bridgehead atoms. The molecular formula is C16H32N2. The molecule has 0 radical (unpaired) electrons. The quantitative estimate of drug-likeness (QED) is 0.829. The summed E-state index contributed by atoms with van der Waals surface area (Å²) in [6, 6.07) is 2.18. The van der Waals surface area contributed by atoms with E-state index in [1.807, 2.05) is 0 Å². The molecule has 2 aliphatic carbocycles. The van der Waals surface area contributed by atoms with Gasteiger partial charge in [0.15, 0.2) is 0 Å². The Labute approximate surface area is 113 Å². The summed E-state index contributed by atoms with van der Waals surface area (Å²) in [7, 11) is 0. The fourth-order valence-corrected chi connectivity index (χ4v) is 4.06. The van der Waals surface area contributed by atoms with Gasteiger partial charge in [-0.2, -0.15) is 0 Å². The summed E-state index contributed by atoms with van der Waals surface area (Å²) in [5.41, 5.74) is 6.05.